The number of carboxylic acids is 1. The van der Waals surface area contributed by atoms with Crippen molar-refractivity contribution in [2.45, 2.75) is 68.6 Å². The second-order valence-corrected chi connectivity index (χ2v) is 8.92. The molecule has 1 N–H and O–H groups in total. The van der Waals surface area contributed by atoms with Gasteiger partial charge in [-0.05, 0) is 88.4 Å². The first-order valence-electron chi connectivity index (χ1n) is 8.48. The van der Waals surface area contributed by atoms with Gasteiger partial charge in [-0.15, -0.1) is 11.8 Å². The number of carboxylic acid groups (broad SMARTS) is 1. The number of carbonyl (C=O) groups is 1. The Labute approximate surface area is 143 Å². The molecule has 1 aliphatic heterocycles. The van der Waals surface area contributed by atoms with Crippen LogP contribution in [0.15, 0.2) is 4.90 Å². The van der Waals surface area contributed by atoms with Crippen LogP contribution in [-0.2, 0) is 11.2 Å². The molecule has 1 fully saturated rings. The topological polar surface area (TPSA) is 40.5 Å². The number of hydrogen-bond donors (Lipinski definition) is 1. The molecule has 4 heteroatoms. The van der Waals surface area contributed by atoms with Crippen LogP contribution in [-0.4, -0.2) is 34.8 Å². The van der Waals surface area contributed by atoms with Crippen LogP contribution in [0, 0.1) is 20.8 Å². The lowest BCUT2D eigenvalue weighted by atomic mass is 9.78. The van der Waals surface area contributed by atoms with Crippen molar-refractivity contribution in [3.8, 4) is 0 Å². The molecule has 0 radical (unpaired) electrons. The Hall–Kier alpha value is -1.000. The molecule has 0 amide bonds. The molecular formula is C19H27NO2S. The number of benzene rings is 1. The first kappa shape index (κ1) is 16.8. The molecule has 1 aromatic carbocycles. The van der Waals surface area contributed by atoms with Crippen LogP contribution in [0.4, 0.5) is 0 Å². The van der Waals surface area contributed by atoms with Crippen molar-refractivity contribution in [1.29, 1.82) is 0 Å². The van der Waals surface area contributed by atoms with Crippen LogP contribution in [0.25, 0.3) is 0 Å². The maximum Gasteiger partial charge on any atom is 0.325 e. The second-order valence-electron chi connectivity index (χ2n) is 7.44. The van der Waals surface area contributed by atoms with Gasteiger partial charge in [-0.2, -0.15) is 0 Å². The van der Waals surface area contributed by atoms with Crippen molar-refractivity contribution in [3.05, 3.63) is 27.8 Å². The Kier molecular flexibility index (Phi) is 4.26. The first-order valence-corrected chi connectivity index (χ1v) is 9.30. The van der Waals surface area contributed by atoms with E-state index in [9.17, 15) is 9.90 Å². The van der Waals surface area contributed by atoms with Gasteiger partial charge in [0.15, 0.2) is 0 Å². The zero-order valence-electron chi connectivity index (χ0n) is 14.8. The summed E-state index contributed by atoms with van der Waals surface area (Å²) in [6.45, 7) is 6.40. The molecule has 1 spiro atoms. The molecule has 1 unspecified atom stereocenters. The molecule has 1 heterocycles. The zero-order valence-corrected chi connectivity index (χ0v) is 15.6. The van der Waals surface area contributed by atoms with Crippen LogP contribution in [0.1, 0.15) is 59.5 Å². The minimum absolute atomic E-state index is 0.478. The molecule has 1 saturated carbocycles. The molecule has 0 bridgehead atoms. The normalized spacial score (nSPS) is 20.3. The highest BCUT2D eigenvalue weighted by molar-refractivity contribution is 8.00. The number of aliphatic carboxylic acids is 1. The van der Waals surface area contributed by atoms with Gasteiger partial charge in [0, 0.05) is 9.64 Å². The third-order valence-electron chi connectivity index (χ3n) is 5.88. The van der Waals surface area contributed by atoms with E-state index in [1.807, 2.05) is 19.0 Å². The summed E-state index contributed by atoms with van der Waals surface area (Å²) in [4.78, 5) is 15.1. The Morgan fingerprint density at radius 3 is 2.26 bits per heavy atom. The van der Waals surface area contributed by atoms with Crippen LogP contribution in [0.3, 0.4) is 0 Å². The lowest BCUT2D eigenvalue weighted by Gasteiger charge is -2.46. The monoisotopic (exact) mass is 333 g/mol. The SMILES string of the molecule is Cc1c(C)c(C(C(=O)O)N(C)C)c(C)c2c1SC1(CCC1)CC2. The standard InChI is InChI=1S/C19H27NO2S/c1-11-12(2)17-14(7-10-19(23-17)8-6-9-19)13(3)15(11)16(18(21)22)20(4)5/h16H,6-10H2,1-5H3,(H,21,22). The molecule has 23 heavy (non-hydrogen) atoms. The van der Waals surface area contributed by atoms with Crippen molar-refractivity contribution >= 4 is 17.7 Å². The van der Waals surface area contributed by atoms with E-state index in [1.165, 1.54) is 47.3 Å². The van der Waals surface area contributed by atoms with Gasteiger partial charge in [-0.25, -0.2) is 0 Å². The summed E-state index contributed by atoms with van der Waals surface area (Å²) < 4.78 is 0.478. The van der Waals surface area contributed by atoms with Gasteiger partial charge in [0.25, 0.3) is 0 Å². The quantitative estimate of drug-likeness (QED) is 0.897. The summed E-state index contributed by atoms with van der Waals surface area (Å²) in [6.07, 6.45) is 6.38. The van der Waals surface area contributed by atoms with Gasteiger partial charge in [0.1, 0.15) is 6.04 Å². The summed E-state index contributed by atoms with van der Waals surface area (Å²) in [5, 5.41) is 9.72. The fourth-order valence-corrected chi connectivity index (χ4v) is 6.02. The molecule has 1 atom stereocenters. The third-order valence-corrected chi connectivity index (χ3v) is 7.68. The average Bonchev–Trinajstić information content (AvgIpc) is 2.46. The van der Waals surface area contributed by atoms with E-state index in [4.69, 9.17) is 0 Å². The minimum atomic E-state index is -0.764. The van der Waals surface area contributed by atoms with Crippen molar-refractivity contribution < 1.29 is 9.90 Å². The highest BCUT2D eigenvalue weighted by Crippen LogP contribution is 2.56. The summed E-state index contributed by atoms with van der Waals surface area (Å²) in [7, 11) is 3.70. The number of thioether (sulfide) groups is 1. The maximum absolute atomic E-state index is 11.8. The number of likely N-dealkylation sites (N-methyl/N-ethyl adjacent to an activating group) is 1. The summed E-state index contributed by atoms with van der Waals surface area (Å²) in [5.41, 5.74) is 6.06. The fourth-order valence-electron chi connectivity index (χ4n) is 4.21. The summed E-state index contributed by atoms with van der Waals surface area (Å²) in [5.74, 6) is -0.764. The maximum atomic E-state index is 11.8. The molecule has 0 saturated heterocycles. The van der Waals surface area contributed by atoms with E-state index in [0.717, 1.165) is 17.5 Å². The van der Waals surface area contributed by atoms with Crippen molar-refractivity contribution in [2.24, 2.45) is 0 Å². The van der Waals surface area contributed by atoms with E-state index in [-0.39, 0.29) is 0 Å². The number of rotatable bonds is 3. The number of hydrogen-bond acceptors (Lipinski definition) is 3. The Morgan fingerprint density at radius 2 is 1.78 bits per heavy atom. The van der Waals surface area contributed by atoms with Gasteiger partial charge in [0.05, 0.1) is 0 Å². The van der Waals surface area contributed by atoms with Crippen LogP contribution in [0.2, 0.25) is 0 Å². The number of nitrogens with zero attached hydrogens (tertiary/aromatic N) is 1. The van der Waals surface area contributed by atoms with Gasteiger partial charge in [0.2, 0.25) is 0 Å². The van der Waals surface area contributed by atoms with E-state index in [1.54, 1.807) is 0 Å². The van der Waals surface area contributed by atoms with E-state index >= 15 is 0 Å². The van der Waals surface area contributed by atoms with Crippen molar-refractivity contribution in [1.82, 2.24) is 4.90 Å². The Balaban J connectivity index is 2.14. The van der Waals surface area contributed by atoms with E-state index in [0.29, 0.717) is 4.75 Å². The Morgan fingerprint density at radius 1 is 1.13 bits per heavy atom. The summed E-state index contributed by atoms with van der Waals surface area (Å²) in [6, 6.07) is -0.566. The predicted molar refractivity (Wildman–Crippen MR) is 95.5 cm³/mol. The van der Waals surface area contributed by atoms with E-state index < -0.39 is 12.0 Å². The molecule has 3 rings (SSSR count). The van der Waals surface area contributed by atoms with Crippen molar-refractivity contribution in [3.63, 3.8) is 0 Å². The van der Waals surface area contributed by atoms with E-state index in [2.05, 4.69) is 32.5 Å². The van der Waals surface area contributed by atoms with Crippen molar-refractivity contribution in [2.75, 3.05) is 14.1 Å². The molecular weight excluding hydrogens is 306 g/mol. The van der Waals surface area contributed by atoms with Crippen LogP contribution in [0.5, 0.6) is 0 Å². The third kappa shape index (κ3) is 2.60. The molecule has 0 aromatic heterocycles. The molecule has 1 aliphatic carbocycles. The Bertz CT molecular complexity index is 662. The average molecular weight is 333 g/mol. The van der Waals surface area contributed by atoms with Gasteiger partial charge < -0.3 is 5.11 Å². The van der Waals surface area contributed by atoms with Gasteiger partial charge >= 0.3 is 5.97 Å². The second kappa shape index (κ2) is 5.82. The van der Waals surface area contributed by atoms with Crippen LogP contribution < -0.4 is 0 Å². The first-order chi connectivity index (χ1) is 10.8. The highest BCUT2D eigenvalue weighted by Gasteiger charge is 2.42. The van der Waals surface area contributed by atoms with Gasteiger partial charge in [-0.3, -0.25) is 9.69 Å². The predicted octanol–water partition coefficient (Wildman–Crippen LogP) is 4.26. The fraction of sp³-hybridized carbons (Fsp3) is 0.632. The molecule has 2 aliphatic rings. The summed E-state index contributed by atoms with van der Waals surface area (Å²) >= 11 is 2.08. The highest BCUT2D eigenvalue weighted by atomic mass is 32.2. The molecule has 3 nitrogen and oxygen atoms in total. The molecule has 126 valence electrons. The molecule has 1 aromatic rings. The smallest absolute Gasteiger partial charge is 0.325 e. The van der Waals surface area contributed by atoms with Crippen LogP contribution >= 0.6 is 11.8 Å². The minimum Gasteiger partial charge on any atom is -0.480 e. The number of fused-ring (bicyclic) bond motifs is 1. The largest absolute Gasteiger partial charge is 0.480 e. The lowest BCUT2D eigenvalue weighted by Crippen LogP contribution is -2.37. The zero-order chi connectivity index (χ0) is 16.9. The lowest BCUT2D eigenvalue weighted by molar-refractivity contribution is -0.142. The van der Waals surface area contributed by atoms with Gasteiger partial charge in [-0.1, -0.05) is 6.42 Å².